The summed E-state index contributed by atoms with van der Waals surface area (Å²) in [6, 6.07) is 3.74. The van der Waals surface area contributed by atoms with Gasteiger partial charge in [-0.25, -0.2) is 0 Å². The number of nitrogens with two attached hydrogens (primary N) is 1. The van der Waals surface area contributed by atoms with E-state index in [0.29, 0.717) is 5.69 Å². The highest BCUT2D eigenvalue weighted by Gasteiger charge is 2.31. The van der Waals surface area contributed by atoms with Gasteiger partial charge in [-0.05, 0) is 25.2 Å². The Kier molecular flexibility index (Phi) is 5.68. The lowest BCUT2D eigenvalue weighted by Gasteiger charge is -2.34. The number of nitrogen functional groups attached to an aromatic ring is 1. The smallest absolute Gasteiger partial charge is 0.399 e. The maximum Gasteiger partial charge on any atom is 0.416 e. The van der Waals surface area contributed by atoms with Gasteiger partial charge in [0.25, 0.3) is 0 Å². The Morgan fingerprint density at radius 3 is 2.05 bits per heavy atom. The number of nitrogens with zero attached hydrogens (tertiary/aromatic N) is 2. The molecule has 0 aromatic heterocycles. The summed E-state index contributed by atoms with van der Waals surface area (Å²) in [6.07, 6.45) is -4.35. The molecule has 1 saturated heterocycles. The van der Waals surface area contributed by atoms with E-state index in [1.807, 2.05) is 25.8 Å². The molecule has 6 heteroatoms. The van der Waals surface area contributed by atoms with Crippen molar-refractivity contribution in [2.45, 2.75) is 20.0 Å². The first-order valence-corrected chi connectivity index (χ1v) is 6.77. The van der Waals surface area contributed by atoms with Gasteiger partial charge in [0, 0.05) is 37.6 Å². The second-order valence-corrected chi connectivity index (χ2v) is 4.60. The molecule has 0 bridgehead atoms. The van der Waals surface area contributed by atoms with Gasteiger partial charge in [0.15, 0.2) is 0 Å². The largest absolute Gasteiger partial charge is 0.416 e. The third-order valence-electron chi connectivity index (χ3n) is 3.14. The minimum atomic E-state index is -4.35. The van der Waals surface area contributed by atoms with E-state index >= 15 is 0 Å². The number of piperazine rings is 1. The number of alkyl halides is 3. The standard InChI is InChI=1S/C12H16F3N3.C2H6/c1-17-2-4-18(5-3-17)11-7-9(12(13,14)15)6-10(16)8-11;1-2/h6-8H,2-5,16H2,1H3;1-2H3. The molecular formula is C14H22F3N3. The normalized spacial score (nSPS) is 16.6. The van der Waals surface area contributed by atoms with Crippen LogP contribution in [0.15, 0.2) is 18.2 Å². The summed E-state index contributed by atoms with van der Waals surface area (Å²) in [5.74, 6) is 0. The number of anilines is 2. The Balaban J connectivity index is 0.000000956. The molecule has 0 radical (unpaired) electrons. The van der Waals surface area contributed by atoms with Crippen molar-refractivity contribution >= 4 is 11.4 Å². The number of halogens is 3. The van der Waals surface area contributed by atoms with E-state index in [-0.39, 0.29) is 5.69 Å². The maximum absolute atomic E-state index is 12.7. The van der Waals surface area contributed by atoms with Crippen LogP contribution in [-0.2, 0) is 6.18 Å². The van der Waals surface area contributed by atoms with Crippen LogP contribution in [0.4, 0.5) is 24.5 Å². The van der Waals surface area contributed by atoms with E-state index in [4.69, 9.17) is 5.73 Å². The third-order valence-corrected chi connectivity index (χ3v) is 3.14. The summed E-state index contributed by atoms with van der Waals surface area (Å²) in [4.78, 5) is 4.08. The Morgan fingerprint density at radius 2 is 1.55 bits per heavy atom. The summed E-state index contributed by atoms with van der Waals surface area (Å²) in [6.45, 7) is 7.13. The molecule has 1 aromatic rings. The summed E-state index contributed by atoms with van der Waals surface area (Å²) >= 11 is 0. The zero-order valence-corrected chi connectivity index (χ0v) is 12.2. The van der Waals surface area contributed by atoms with Crippen molar-refractivity contribution < 1.29 is 13.2 Å². The quantitative estimate of drug-likeness (QED) is 0.806. The molecule has 2 N–H and O–H groups in total. The second kappa shape index (κ2) is 6.83. The molecule has 1 aliphatic rings. The third kappa shape index (κ3) is 4.30. The minimum Gasteiger partial charge on any atom is -0.399 e. The monoisotopic (exact) mass is 289 g/mol. The highest BCUT2D eigenvalue weighted by atomic mass is 19.4. The summed E-state index contributed by atoms with van der Waals surface area (Å²) < 4.78 is 38.1. The Labute approximate surface area is 118 Å². The molecule has 3 nitrogen and oxygen atoms in total. The van der Waals surface area contributed by atoms with Crippen LogP contribution in [0.25, 0.3) is 0 Å². The van der Waals surface area contributed by atoms with Crippen molar-refractivity contribution in [3.05, 3.63) is 23.8 Å². The van der Waals surface area contributed by atoms with E-state index in [9.17, 15) is 13.2 Å². The van der Waals surface area contributed by atoms with Crippen LogP contribution in [0.2, 0.25) is 0 Å². The van der Waals surface area contributed by atoms with Crippen molar-refractivity contribution in [1.29, 1.82) is 0 Å². The summed E-state index contributed by atoms with van der Waals surface area (Å²) in [5, 5.41) is 0. The fourth-order valence-electron chi connectivity index (χ4n) is 2.05. The van der Waals surface area contributed by atoms with Gasteiger partial charge in [0.2, 0.25) is 0 Å². The second-order valence-electron chi connectivity index (χ2n) is 4.60. The van der Waals surface area contributed by atoms with E-state index < -0.39 is 11.7 Å². The van der Waals surface area contributed by atoms with E-state index in [2.05, 4.69) is 4.90 Å². The molecule has 20 heavy (non-hydrogen) atoms. The predicted molar refractivity (Wildman–Crippen MR) is 76.9 cm³/mol. The zero-order valence-electron chi connectivity index (χ0n) is 12.2. The Bertz CT molecular complexity index is 424. The van der Waals surface area contributed by atoms with Gasteiger partial charge in [-0.2, -0.15) is 13.2 Å². The lowest BCUT2D eigenvalue weighted by Crippen LogP contribution is -2.44. The molecule has 1 heterocycles. The lowest BCUT2D eigenvalue weighted by atomic mass is 10.1. The molecule has 0 atom stereocenters. The van der Waals surface area contributed by atoms with Crippen LogP contribution in [0.1, 0.15) is 19.4 Å². The number of rotatable bonds is 1. The zero-order chi connectivity index (χ0) is 15.3. The number of hydrogen-bond acceptors (Lipinski definition) is 3. The Hall–Kier alpha value is -1.43. The van der Waals surface area contributed by atoms with Crippen LogP contribution in [0.3, 0.4) is 0 Å². The molecule has 2 rings (SSSR count). The molecular weight excluding hydrogens is 267 g/mol. The highest BCUT2D eigenvalue weighted by Crippen LogP contribution is 2.33. The van der Waals surface area contributed by atoms with Crippen LogP contribution in [-0.4, -0.2) is 38.1 Å². The van der Waals surface area contributed by atoms with Gasteiger partial charge >= 0.3 is 6.18 Å². The lowest BCUT2D eigenvalue weighted by molar-refractivity contribution is -0.137. The minimum absolute atomic E-state index is 0.152. The first-order chi connectivity index (χ1) is 9.36. The molecule has 1 fully saturated rings. The summed E-state index contributed by atoms with van der Waals surface area (Å²) in [5.41, 5.74) is 5.57. The van der Waals surface area contributed by atoms with Crippen LogP contribution in [0.5, 0.6) is 0 Å². The first-order valence-electron chi connectivity index (χ1n) is 6.77. The molecule has 1 aliphatic heterocycles. The topological polar surface area (TPSA) is 32.5 Å². The van der Waals surface area contributed by atoms with E-state index in [1.165, 1.54) is 6.07 Å². The van der Waals surface area contributed by atoms with Gasteiger partial charge in [-0.3, -0.25) is 0 Å². The first kappa shape index (κ1) is 16.6. The molecule has 0 unspecified atom stereocenters. The van der Waals surface area contributed by atoms with Gasteiger partial charge in [0.05, 0.1) is 5.56 Å². The van der Waals surface area contributed by atoms with Crippen LogP contribution < -0.4 is 10.6 Å². The van der Waals surface area contributed by atoms with Gasteiger partial charge in [0.1, 0.15) is 0 Å². The van der Waals surface area contributed by atoms with E-state index in [0.717, 1.165) is 32.2 Å². The predicted octanol–water partition coefficient (Wildman–Crippen LogP) is 3.07. The van der Waals surface area contributed by atoms with E-state index in [1.54, 1.807) is 6.07 Å². The van der Waals surface area contributed by atoms with Crippen molar-refractivity contribution in [1.82, 2.24) is 4.90 Å². The fraction of sp³-hybridized carbons (Fsp3) is 0.571. The molecule has 114 valence electrons. The average molecular weight is 289 g/mol. The van der Waals surface area contributed by atoms with Gasteiger partial charge in [-0.15, -0.1) is 0 Å². The molecule has 0 saturated carbocycles. The molecule has 1 aromatic carbocycles. The van der Waals surface area contributed by atoms with Gasteiger partial charge in [-0.1, -0.05) is 13.8 Å². The number of likely N-dealkylation sites (N-methyl/N-ethyl adjacent to an activating group) is 1. The summed E-state index contributed by atoms with van der Waals surface area (Å²) in [7, 11) is 2.00. The molecule has 0 aliphatic carbocycles. The van der Waals surface area contributed by atoms with Crippen molar-refractivity contribution in [2.24, 2.45) is 0 Å². The molecule has 0 amide bonds. The molecule has 0 spiro atoms. The average Bonchev–Trinajstić information content (AvgIpc) is 2.40. The number of benzene rings is 1. The van der Waals surface area contributed by atoms with Gasteiger partial charge < -0.3 is 15.5 Å². The van der Waals surface area contributed by atoms with Crippen molar-refractivity contribution in [3.8, 4) is 0 Å². The Morgan fingerprint density at radius 1 is 1.00 bits per heavy atom. The maximum atomic E-state index is 12.7. The number of hydrogen-bond donors (Lipinski definition) is 1. The van der Waals surface area contributed by atoms with Crippen LogP contribution >= 0.6 is 0 Å². The van der Waals surface area contributed by atoms with Crippen molar-refractivity contribution in [2.75, 3.05) is 43.9 Å². The van der Waals surface area contributed by atoms with Crippen molar-refractivity contribution in [3.63, 3.8) is 0 Å². The SMILES string of the molecule is CC.CN1CCN(c2cc(N)cc(C(F)(F)F)c2)CC1. The van der Waals surface area contributed by atoms with Crippen LogP contribution in [0, 0.1) is 0 Å². The highest BCUT2D eigenvalue weighted by molar-refractivity contribution is 5.59. The fourth-order valence-corrected chi connectivity index (χ4v) is 2.05.